The molecule has 220 valence electrons. The van der Waals surface area contributed by atoms with Crippen molar-refractivity contribution in [3.63, 3.8) is 0 Å². The van der Waals surface area contributed by atoms with Gasteiger partial charge in [0.25, 0.3) is 0 Å². The number of rotatable bonds is 15. The van der Waals surface area contributed by atoms with E-state index in [9.17, 15) is 0 Å². The number of benzene rings is 2. The van der Waals surface area contributed by atoms with E-state index in [0.29, 0.717) is 33.0 Å². The first-order valence-electron chi connectivity index (χ1n) is 14.5. The number of hydrogen-bond donors (Lipinski definition) is 1. The molecule has 0 spiro atoms. The third-order valence-electron chi connectivity index (χ3n) is 7.25. The molecule has 2 aromatic heterocycles. The van der Waals surface area contributed by atoms with Crippen LogP contribution in [0.1, 0.15) is 34.9 Å². The second kappa shape index (κ2) is 16.0. The van der Waals surface area contributed by atoms with Crippen LogP contribution in [-0.2, 0) is 34.0 Å². The Labute approximate surface area is 248 Å². The Morgan fingerprint density at radius 2 is 1.36 bits per heavy atom. The minimum absolute atomic E-state index is 0.0381. The zero-order valence-corrected chi connectivity index (χ0v) is 24.1. The maximum absolute atomic E-state index is 6.42. The van der Waals surface area contributed by atoms with Crippen LogP contribution in [0, 0.1) is 0 Å². The number of para-hydroxylation sites is 1. The van der Waals surface area contributed by atoms with Crippen LogP contribution in [0.2, 0.25) is 0 Å². The Morgan fingerprint density at radius 1 is 0.714 bits per heavy atom. The van der Waals surface area contributed by atoms with Crippen LogP contribution in [0.4, 0.5) is 0 Å². The Kier molecular flexibility index (Phi) is 11.3. The van der Waals surface area contributed by atoms with Crippen molar-refractivity contribution in [2.24, 2.45) is 0 Å². The molecular weight excluding hydrogens is 530 g/mol. The summed E-state index contributed by atoms with van der Waals surface area (Å²) in [5, 5.41) is 3.50. The summed E-state index contributed by atoms with van der Waals surface area (Å²) in [4.78, 5) is 8.84. The highest BCUT2D eigenvalue weighted by Gasteiger charge is 2.36. The monoisotopic (exact) mass is 569 g/mol. The molecule has 1 saturated heterocycles. The summed E-state index contributed by atoms with van der Waals surface area (Å²) in [6.45, 7) is 4.04. The zero-order chi connectivity index (χ0) is 28.8. The number of aromatic nitrogens is 2. The highest BCUT2D eigenvalue weighted by Crippen LogP contribution is 2.32. The predicted octanol–water partition coefficient (Wildman–Crippen LogP) is 5.33. The fourth-order valence-corrected chi connectivity index (χ4v) is 5.11. The second-order valence-corrected chi connectivity index (χ2v) is 10.2. The number of methoxy groups -OCH3 is 1. The lowest BCUT2D eigenvalue weighted by Crippen LogP contribution is -2.50. The lowest BCUT2D eigenvalue weighted by molar-refractivity contribution is -0.0662. The summed E-state index contributed by atoms with van der Waals surface area (Å²) in [5.41, 5.74) is 4.01. The minimum Gasteiger partial charge on any atom is -0.496 e. The van der Waals surface area contributed by atoms with Gasteiger partial charge in [-0.1, -0.05) is 42.5 Å². The summed E-state index contributed by atoms with van der Waals surface area (Å²) in [5.74, 6) is 1.71. The van der Waals surface area contributed by atoms with Crippen molar-refractivity contribution in [2.45, 2.75) is 44.4 Å². The van der Waals surface area contributed by atoms with Gasteiger partial charge in [0, 0.05) is 43.4 Å². The summed E-state index contributed by atoms with van der Waals surface area (Å²) in [6, 6.07) is 27.9. The van der Waals surface area contributed by atoms with Gasteiger partial charge < -0.3 is 29.0 Å². The van der Waals surface area contributed by atoms with Crippen LogP contribution in [-0.4, -0.2) is 55.6 Å². The van der Waals surface area contributed by atoms with Crippen molar-refractivity contribution in [3.05, 3.63) is 120 Å². The van der Waals surface area contributed by atoms with Crippen LogP contribution in [0.15, 0.2) is 97.3 Å². The fraction of sp³-hybridized carbons (Fsp3) is 0.353. The molecule has 4 aromatic rings. The topological polar surface area (TPSA) is 84.0 Å². The maximum Gasteiger partial charge on any atom is 0.124 e. The summed E-state index contributed by atoms with van der Waals surface area (Å²) < 4.78 is 30.1. The van der Waals surface area contributed by atoms with Gasteiger partial charge in [0.2, 0.25) is 0 Å². The van der Waals surface area contributed by atoms with Crippen LogP contribution in [0.25, 0.3) is 0 Å². The number of pyridine rings is 2. The van der Waals surface area contributed by atoms with E-state index >= 15 is 0 Å². The number of ether oxygens (including phenoxy) is 5. The van der Waals surface area contributed by atoms with E-state index in [1.54, 1.807) is 19.5 Å². The molecule has 0 aliphatic carbocycles. The number of nitrogens with zero attached hydrogens (tertiary/aromatic N) is 2. The van der Waals surface area contributed by atoms with Crippen molar-refractivity contribution < 1.29 is 23.7 Å². The highest BCUT2D eigenvalue weighted by atomic mass is 16.5. The van der Waals surface area contributed by atoms with E-state index in [1.807, 2.05) is 72.8 Å². The smallest absolute Gasteiger partial charge is 0.124 e. The summed E-state index contributed by atoms with van der Waals surface area (Å²) >= 11 is 0. The molecule has 8 nitrogen and oxygen atoms in total. The average molecular weight is 570 g/mol. The molecule has 3 heterocycles. The molecule has 1 aliphatic rings. The second-order valence-electron chi connectivity index (χ2n) is 10.2. The van der Waals surface area contributed by atoms with Gasteiger partial charge in [-0.25, -0.2) is 0 Å². The van der Waals surface area contributed by atoms with Gasteiger partial charge >= 0.3 is 0 Å². The first-order valence-corrected chi connectivity index (χ1v) is 14.5. The first kappa shape index (κ1) is 29.7. The number of hydrogen-bond acceptors (Lipinski definition) is 8. The van der Waals surface area contributed by atoms with Gasteiger partial charge in [0.05, 0.1) is 63.7 Å². The van der Waals surface area contributed by atoms with E-state index in [4.69, 9.17) is 23.7 Å². The average Bonchev–Trinajstić information content (AvgIpc) is 3.06. The molecule has 1 N–H and O–H groups in total. The lowest BCUT2D eigenvalue weighted by Gasteiger charge is -2.38. The fourth-order valence-electron chi connectivity index (χ4n) is 5.11. The van der Waals surface area contributed by atoms with Crippen molar-refractivity contribution >= 4 is 0 Å². The standard InChI is InChI=1S/C34H39N3O5/c1-38-31-12-3-2-9-27(31)23-39-19-8-20-40-30-15-13-26(14-16-30)34-32(41-24-28-10-4-6-17-36-28)21-35-22-33(34)42-25-29-11-5-7-18-37-29/h2-7,9-18,32-35H,8,19-25H2,1H3/t32-,33+,34-. The third kappa shape index (κ3) is 8.59. The van der Waals surface area contributed by atoms with Crippen molar-refractivity contribution in [2.75, 3.05) is 33.4 Å². The quantitative estimate of drug-likeness (QED) is 0.193. The van der Waals surface area contributed by atoms with Gasteiger partial charge in [0.1, 0.15) is 11.5 Å². The van der Waals surface area contributed by atoms with Crippen LogP contribution in [0.5, 0.6) is 11.5 Å². The Hall–Kier alpha value is -3.82. The minimum atomic E-state index is -0.0818. The molecule has 1 fully saturated rings. The van der Waals surface area contributed by atoms with E-state index in [-0.39, 0.29) is 18.1 Å². The van der Waals surface area contributed by atoms with Crippen molar-refractivity contribution in [1.29, 1.82) is 0 Å². The van der Waals surface area contributed by atoms with Gasteiger partial charge in [-0.05, 0) is 48.0 Å². The van der Waals surface area contributed by atoms with Gasteiger partial charge in [-0.15, -0.1) is 0 Å². The van der Waals surface area contributed by atoms with Crippen molar-refractivity contribution in [3.8, 4) is 11.5 Å². The molecule has 1 aliphatic heterocycles. The van der Waals surface area contributed by atoms with Crippen LogP contribution < -0.4 is 14.8 Å². The molecule has 42 heavy (non-hydrogen) atoms. The molecule has 0 radical (unpaired) electrons. The summed E-state index contributed by atoms with van der Waals surface area (Å²) in [6.07, 6.45) is 4.21. The molecule has 0 saturated carbocycles. The van der Waals surface area contributed by atoms with E-state index in [1.165, 1.54) is 0 Å². The van der Waals surface area contributed by atoms with Gasteiger partial charge in [-0.3, -0.25) is 9.97 Å². The normalized spacial score (nSPS) is 18.5. The Bertz CT molecular complexity index is 1270. The largest absolute Gasteiger partial charge is 0.496 e. The summed E-state index contributed by atoms with van der Waals surface area (Å²) in [7, 11) is 1.67. The van der Waals surface area contributed by atoms with Gasteiger partial charge in [-0.2, -0.15) is 0 Å². The highest BCUT2D eigenvalue weighted by molar-refractivity contribution is 5.33. The SMILES string of the molecule is COc1ccccc1COCCCOc1ccc([C@H]2[C@@H](OCc3ccccn3)CNC[C@H]2OCc2ccccn2)cc1. The third-order valence-corrected chi connectivity index (χ3v) is 7.25. The lowest BCUT2D eigenvalue weighted by atomic mass is 9.85. The predicted molar refractivity (Wildman–Crippen MR) is 160 cm³/mol. The number of piperidine rings is 1. The molecule has 0 amide bonds. The van der Waals surface area contributed by atoms with E-state index < -0.39 is 0 Å². The first-order chi connectivity index (χ1) is 20.8. The van der Waals surface area contributed by atoms with Crippen LogP contribution in [0.3, 0.4) is 0 Å². The van der Waals surface area contributed by atoms with Crippen LogP contribution >= 0.6 is 0 Å². The van der Waals surface area contributed by atoms with E-state index in [2.05, 4.69) is 27.4 Å². The molecule has 8 heteroatoms. The number of nitrogens with one attached hydrogen (secondary N) is 1. The molecule has 3 atom stereocenters. The molecule has 0 bridgehead atoms. The molecule has 5 rings (SSSR count). The molecule has 2 aromatic carbocycles. The van der Waals surface area contributed by atoms with Crippen molar-refractivity contribution in [1.82, 2.24) is 15.3 Å². The Balaban J connectivity index is 1.16. The molecule has 0 unspecified atom stereocenters. The maximum atomic E-state index is 6.42. The Morgan fingerprint density at radius 3 is 1.98 bits per heavy atom. The zero-order valence-electron chi connectivity index (χ0n) is 24.1. The van der Waals surface area contributed by atoms with E-state index in [0.717, 1.165) is 53.5 Å². The molecular formula is C34H39N3O5. The van der Waals surface area contributed by atoms with Gasteiger partial charge in [0.15, 0.2) is 0 Å².